The first kappa shape index (κ1) is 14.0. The largest absolute Gasteiger partial charge is 0.329 e. The molecule has 0 fully saturated rings. The second-order valence-electron chi connectivity index (χ2n) is 4.94. The molecule has 1 N–H and O–H groups in total. The summed E-state index contributed by atoms with van der Waals surface area (Å²) in [5.41, 5.74) is 2.95. The van der Waals surface area contributed by atoms with E-state index in [1.54, 1.807) is 12.1 Å². The van der Waals surface area contributed by atoms with E-state index < -0.39 is 5.91 Å². The highest BCUT2D eigenvalue weighted by Gasteiger charge is 2.15. The quantitative estimate of drug-likeness (QED) is 0.802. The molecule has 1 aromatic heterocycles. The topological polar surface area (TPSA) is 68.0 Å². The van der Waals surface area contributed by atoms with Crippen molar-refractivity contribution in [1.29, 1.82) is 0 Å². The highest BCUT2D eigenvalue weighted by atomic mass is 16.5. The molecule has 0 saturated carbocycles. The predicted molar refractivity (Wildman–Crippen MR) is 82.7 cm³/mol. The summed E-state index contributed by atoms with van der Waals surface area (Å²) in [4.78, 5) is 16.2. The second kappa shape index (κ2) is 6.22. The summed E-state index contributed by atoms with van der Waals surface area (Å²) in [6.45, 7) is 2.03. The van der Waals surface area contributed by atoms with Crippen molar-refractivity contribution in [2.75, 3.05) is 5.32 Å². The van der Waals surface area contributed by atoms with E-state index in [0.717, 1.165) is 11.1 Å². The van der Waals surface area contributed by atoms with E-state index in [4.69, 9.17) is 4.52 Å². The van der Waals surface area contributed by atoms with Crippen molar-refractivity contribution in [3.8, 4) is 0 Å². The van der Waals surface area contributed by atoms with Gasteiger partial charge in [0, 0.05) is 12.1 Å². The van der Waals surface area contributed by atoms with E-state index in [1.807, 2.05) is 49.4 Å². The average molecular weight is 293 g/mol. The summed E-state index contributed by atoms with van der Waals surface area (Å²) in [7, 11) is 0. The fourth-order valence-corrected chi connectivity index (χ4v) is 2.10. The average Bonchev–Trinajstić information content (AvgIpc) is 2.99. The smallest absolute Gasteiger partial charge is 0.316 e. The molecule has 22 heavy (non-hydrogen) atoms. The van der Waals surface area contributed by atoms with Gasteiger partial charge in [-0.05, 0) is 30.2 Å². The molecule has 0 bridgehead atoms. The Morgan fingerprint density at radius 1 is 1.09 bits per heavy atom. The molecule has 3 aromatic rings. The van der Waals surface area contributed by atoms with Crippen LogP contribution in [0, 0.1) is 6.92 Å². The first-order valence-corrected chi connectivity index (χ1v) is 6.96. The van der Waals surface area contributed by atoms with E-state index in [2.05, 4.69) is 15.5 Å². The van der Waals surface area contributed by atoms with Crippen LogP contribution in [0.1, 0.15) is 27.6 Å². The number of carbonyl (C=O) groups is 1. The molecule has 0 aliphatic carbocycles. The molecule has 5 nitrogen and oxygen atoms in total. The van der Waals surface area contributed by atoms with Gasteiger partial charge in [0.25, 0.3) is 0 Å². The van der Waals surface area contributed by atoms with E-state index in [1.165, 1.54) is 0 Å². The number of amides is 1. The zero-order valence-electron chi connectivity index (χ0n) is 12.1. The van der Waals surface area contributed by atoms with Crippen molar-refractivity contribution in [2.24, 2.45) is 0 Å². The first-order valence-electron chi connectivity index (χ1n) is 6.96. The van der Waals surface area contributed by atoms with Crippen LogP contribution in [0.5, 0.6) is 0 Å². The van der Waals surface area contributed by atoms with Gasteiger partial charge >= 0.3 is 11.8 Å². The van der Waals surface area contributed by atoms with Crippen LogP contribution < -0.4 is 5.32 Å². The molecular formula is C17H15N3O2. The lowest BCUT2D eigenvalue weighted by Gasteiger charge is -2.01. The zero-order chi connectivity index (χ0) is 15.4. The fourth-order valence-electron chi connectivity index (χ4n) is 2.10. The first-order chi connectivity index (χ1) is 10.7. The number of aromatic nitrogens is 2. The van der Waals surface area contributed by atoms with Crippen molar-refractivity contribution in [1.82, 2.24) is 10.1 Å². The third kappa shape index (κ3) is 3.20. The number of rotatable bonds is 4. The Hall–Kier alpha value is -2.95. The van der Waals surface area contributed by atoms with Crippen molar-refractivity contribution in [3.63, 3.8) is 0 Å². The van der Waals surface area contributed by atoms with Gasteiger partial charge in [-0.15, -0.1) is 0 Å². The molecule has 5 heteroatoms. The van der Waals surface area contributed by atoms with Gasteiger partial charge in [-0.2, -0.15) is 4.98 Å². The van der Waals surface area contributed by atoms with Crippen LogP contribution in [0.4, 0.5) is 5.69 Å². The normalized spacial score (nSPS) is 10.4. The van der Waals surface area contributed by atoms with E-state index in [9.17, 15) is 4.79 Å². The maximum atomic E-state index is 12.0. The summed E-state index contributed by atoms with van der Waals surface area (Å²) in [6.07, 6.45) is 0.536. The predicted octanol–water partition coefficient (Wildman–Crippen LogP) is 3.22. The number of anilines is 1. The third-order valence-electron chi connectivity index (χ3n) is 3.30. The Balaban J connectivity index is 1.71. The molecule has 0 saturated heterocycles. The third-order valence-corrected chi connectivity index (χ3v) is 3.30. The molecule has 110 valence electrons. The number of benzene rings is 2. The highest BCUT2D eigenvalue weighted by Crippen LogP contribution is 2.12. The van der Waals surface area contributed by atoms with Crippen molar-refractivity contribution in [3.05, 3.63) is 77.4 Å². The molecule has 0 aliphatic rings. The number of nitrogens with one attached hydrogen (secondary N) is 1. The van der Waals surface area contributed by atoms with Crippen LogP contribution in [0.25, 0.3) is 0 Å². The van der Waals surface area contributed by atoms with Crippen LogP contribution in [0.15, 0.2) is 59.1 Å². The van der Waals surface area contributed by atoms with Gasteiger partial charge < -0.3 is 9.84 Å². The monoisotopic (exact) mass is 293 g/mol. The van der Waals surface area contributed by atoms with E-state index in [0.29, 0.717) is 17.9 Å². The van der Waals surface area contributed by atoms with E-state index >= 15 is 0 Å². The van der Waals surface area contributed by atoms with Crippen molar-refractivity contribution in [2.45, 2.75) is 13.3 Å². The molecule has 0 radical (unpaired) electrons. The Labute approximate surface area is 128 Å². The Bertz CT molecular complexity index is 781. The number of para-hydroxylation sites is 1. The van der Waals surface area contributed by atoms with Crippen LogP contribution in [0.3, 0.4) is 0 Å². The van der Waals surface area contributed by atoms with Gasteiger partial charge in [0.1, 0.15) is 0 Å². The van der Waals surface area contributed by atoms with Crippen molar-refractivity contribution < 1.29 is 9.32 Å². The Morgan fingerprint density at radius 2 is 1.82 bits per heavy atom. The van der Waals surface area contributed by atoms with Gasteiger partial charge in [0.05, 0.1) is 0 Å². The number of carbonyl (C=O) groups excluding carboxylic acids is 1. The molecule has 3 rings (SSSR count). The molecule has 0 spiro atoms. The van der Waals surface area contributed by atoms with Gasteiger partial charge in [-0.3, -0.25) is 4.79 Å². The minimum Gasteiger partial charge on any atom is -0.329 e. The molecule has 0 unspecified atom stereocenters. The molecule has 2 aromatic carbocycles. The van der Waals surface area contributed by atoms with Crippen LogP contribution in [-0.2, 0) is 6.42 Å². The van der Waals surface area contributed by atoms with Crippen molar-refractivity contribution >= 4 is 11.6 Å². The maximum Gasteiger partial charge on any atom is 0.316 e. The minimum absolute atomic E-state index is 0.0348. The Kier molecular flexibility index (Phi) is 3.96. The van der Waals surface area contributed by atoms with Crippen LogP contribution in [0.2, 0.25) is 0 Å². The molecule has 0 aliphatic heterocycles. The van der Waals surface area contributed by atoms with Gasteiger partial charge in [0.2, 0.25) is 0 Å². The summed E-state index contributed by atoms with van der Waals surface area (Å²) in [5, 5.41) is 6.58. The summed E-state index contributed by atoms with van der Waals surface area (Å²) < 4.78 is 5.04. The molecule has 1 amide bonds. The summed E-state index contributed by atoms with van der Waals surface area (Å²) >= 11 is 0. The molecular weight excluding hydrogens is 278 g/mol. The summed E-state index contributed by atoms with van der Waals surface area (Å²) in [6, 6.07) is 17.1. The van der Waals surface area contributed by atoms with Crippen LogP contribution >= 0.6 is 0 Å². The summed E-state index contributed by atoms with van der Waals surface area (Å²) in [5.74, 6) is 0.0506. The second-order valence-corrected chi connectivity index (χ2v) is 4.94. The lowest BCUT2D eigenvalue weighted by Crippen LogP contribution is -2.12. The number of hydrogen-bond donors (Lipinski definition) is 1. The number of nitrogens with zero attached hydrogens (tertiary/aromatic N) is 2. The lowest BCUT2D eigenvalue weighted by atomic mass is 10.1. The molecule has 0 atom stereocenters. The Morgan fingerprint density at radius 3 is 2.59 bits per heavy atom. The standard InChI is InChI=1S/C17H15N3O2/c1-12-7-5-6-8-13(12)11-15-19-17(22-20-15)16(21)18-14-9-3-2-4-10-14/h2-10H,11H2,1H3,(H,18,21). The lowest BCUT2D eigenvalue weighted by molar-refractivity contribution is 0.0981. The number of aryl methyl sites for hydroxylation is 1. The van der Waals surface area contributed by atoms with Gasteiger partial charge in [-0.1, -0.05) is 47.6 Å². The van der Waals surface area contributed by atoms with E-state index in [-0.39, 0.29) is 5.89 Å². The number of hydrogen-bond acceptors (Lipinski definition) is 4. The molecule has 1 heterocycles. The SMILES string of the molecule is Cc1ccccc1Cc1noc(C(=O)Nc2ccccc2)n1. The zero-order valence-corrected chi connectivity index (χ0v) is 12.1. The van der Waals surface area contributed by atoms with Crippen LogP contribution in [-0.4, -0.2) is 16.0 Å². The fraction of sp³-hybridized carbons (Fsp3) is 0.118. The van der Waals surface area contributed by atoms with Gasteiger partial charge in [0.15, 0.2) is 5.82 Å². The maximum absolute atomic E-state index is 12.0. The minimum atomic E-state index is -0.408. The van der Waals surface area contributed by atoms with Gasteiger partial charge in [-0.25, -0.2) is 0 Å². The highest BCUT2D eigenvalue weighted by molar-refractivity contribution is 6.00.